The molecule has 1 rings (SSSR count). The number of aliphatic hydroxyl groups is 2. The fourth-order valence-electron chi connectivity index (χ4n) is 1.43. The second kappa shape index (κ2) is 5.85. The van der Waals surface area contributed by atoms with Crippen LogP contribution in [0.25, 0.3) is 0 Å². The Hall–Kier alpha value is -1.31. The van der Waals surface area contributed by atoms with E-state index in [1.54, 1.807) is 0 Å². The highest BCUT2D eigenvalue weighted by atomic mass is 32.1. The first kappa shape index (κ1) is 13.8. The molecule has 0 aliphatic heterocycles. The Morgan fingerprint density at radius 1 is 1.41 bits per heavy atom. The van der Waals surface area contributed by atoms with Crippen molar-refractivity contribution < 1.29 is 20.2 Å². The third-order valence-electron chi connectivity index (χ3n) is 2.35. The molecule has 6 nitrogen and oxygen atoms in total. The molecule has 7 heteroatoms. The molecule has 1 aromatic rings. The van der Waals surface area contributed by atoms with E-state index in [1.165, 1.54) is 12.1 Å². The van der Waals surface area contributed by atoms with Crippen LogP contribution in [0.15, 0.2) is 18.2 Å². The SMILES string of the molecule is O=[N+]([O-])c1cccc(C(O)C(O)CCS)c1O. The van der Waals surface area contributed by atoms with Gasteiger partial charge in [0.2, 0.25) is 0 Å². The van der Waals surface area contributed by atoms with Crippen molar-refractivity contribution in [1.29, 1.82) is 0 Å². The zero-order valence-corrected chi connectivity index (χ0v) is 9.75. The van der Waals surface area contributed by atoms with E-state index in [-0.39, 0.29) is 12.0 Å². The van der Waals surface area contributed by atoms with Gasteiger partial charge in [0, 0.05) is 11.6 Å². The quantitative estimate of drug-likeness (QED) is 0.359. The van der Waals surface area contributed by atoms with Gasteiger partial charge in [-0.05, 0) is 12.2 Å². The second-order valence-corrected chi connectivity index (χ2v) is 3.94. The minimum absolute atomic E-state index is 0.0616. The predicted molar refractivity (Wildman–Crippen MR) is 64.2 cm³/mol. The molecule has 0 aromatic heterocycles. The number of phenolic OH excluding ortho intramolecular Hbond substituents is 1. The van der Waals surface area contributed by atoms with E-state index in [4.69, 9.17) is 0 Å². The summed E-state index contributed by atoms with van der Waals surface area (Å²) >= 11 is 3.90. The van der Waals surface area contributed by atoms with Gasteiger partial charge in [-0.3, -0.25) is 10.1 Å². The first-order valence-electron chi connectivity index (χ1n) is 4.92. The van der Waals surface area contributed by atoms with Crippen molar-refractivity contribution in [3.8, 4) is 5.75 Å². The van der Waals surface area contributed by atoms with E-state index >= 15 is 0 Å². The molecule has 0 heterocycles. The van der Waals surface area contributed by atoms with Crippen molar-refractivity contribution in [2.45, 2.75) is 18.6 Å². The summed E-state index contributed by atoms with van der Waals surface area (Å²) in [6, 6.07) is 3.79. The number of thiol groups is 1. The molecule has 0 saturated carbocycles. The minimum Gasteiger partial charge on any atom is -0.502 e. The first-order valence-corrected chi connectivity index (χ1v) is 5.55. The molecular formula is C10H13NO5S. The number of aliphatic hydroxyl groups excluding tert-OH is 2. The van der Waals surface area contributed by atoms with Crippen molar-refractivity contribution in [1.82, 2.24) is 0 Å². The first-order chi connectivity index (χ1) is 7.99. The van der Waals surface area contributed by atoms with Crippen LogP contribution in [0.3, 0.4) is 0 Å². The lowest BCUT2D eigenvalue weighted by Crippen LogP contribution is -2.19. The number of nitrogens with zero attached hydrogens (tertiary/aromatic N) is 1. The monoisotopic (exact) mass is 259 g/mol. The summed E-state index contributed by atoms with van der Waals surface area (Å²) < 4.78 is 0. The Kier molecular flexibility index (Phi) is 4.73. The molecule has 0 aliphatic rings. The van der Waals surface area contributed by atoms with E-state index in [2.05, 4.69) is 12.6 Å². The van der Waals surface area contributed by atoms with Crippen molar-refractivity contribution in [2.24, 2.45) is 0 Å². The summed E-state index contributed by atoms with van der Waals surface area (Å²) in [5, 5.41) is 39.5. The van der Waals surface area contributed by atoms with E-state index in [0.29, 0.717) is 5.75 Å². The number of benzene rings is 1. The third-order valence-corrected chi connectivity index (χ3v) is 2.61. The molecule has 0 spiro atoms. The van der Waals surface area contributed by atoms with Crippen LogP contribution in [0, 0.1) is 10.1 Å². The van der Waals surface area contributed by atoms with Crippen molar-refractivity contribution in [2.75, 3.05) is 5.75 Å². The highest BCUT2D eigenvalue weighted by Gasteiger charge is 2.25. The topological polar surface area (TPSA) is 104 Å². The Morgan fingerprint density at radius 3 is 2.59 bits per heavy atom. The molecule has 2 atom stereocenters. The maximum absolute atomic E-state index is 10.6. The van der Waals surface area contributed by atoms with Crippen LogP contribution in [0.4, 0.5) is 5.69 Å². The van der Waals surface area contributed by atoms with Crippen LogP contribution in [0.1, 0.15) is 18.1 Å². The van der Waals surface area contributed by atoms with Gasteiger partial charge in [0.15, 0.2) is 5.75 Å². The molecule has 2 unspecified atom stereocenters. The summed E-state index contributed by atoms with van der Waals surface area (Å²) in [5.41, 5.74) is -0.562. The molecule has 1 aromatic carbocycles. The molecule has 0 amide bonds. The number of rotatable bonds is 5. The molecule has 0 aliphatic carbocycles. The smallest absolute Gasteiger partial charge is 0.311 e. The van der Waals surface area contributed by atoms with Gasteiger partial charge in [0.25, 0.3) is 0 Å². The standard InChI is InChI=1S/C10H13NO5S/c12-8(4-5-17)10(14)6-2-1-3-7(9(6)13)11(15)16/h1-3,8,10,12-14,17H,4-5H2. The van der Waals surface area contributed by atoms with Crippen molar-refractivity contribution in [3.63, 3.8) is 0 Å². The largest absolute Gasteiger partial charge is 0.502 e. The van der Waals surface area contributed by atoms with Crippen molar-refractivity contribution in [3.05, 3.63) is 33.9 Å². The average Bonchev–Trinajstić information content (AvgIpc) is 2.28. The summed E-state index contributed by atoms with van der Waals surface area (Å²) in [6.07, 6.45) is -2.28. The zero-order valence-electron chi connectivity index (χ0n) is 8.85. The lowest BCUT2D eigenvalue weighted by atomic mass is 10.0. The Morgan fingerprint density at radius 2 is 2.06 bits per heavy atom. The molecular weight excluding hydrogens is 246 g/mol. The number of hydrogen-bond acceptors (Lipinski definition) is 6. The van der Waals surface area contributed by atoms with Gasteiger partial charge < -0.3 is 15.3 Å². The highest BCUT2D eigenvalue weighted by Crippen LogP contribution is 2.34. The van der Waals surface area contributed by atoms with Gasteiger partial charge in [0.1, 0.15) is 6.10 Å². The maximum Gasteiger partial charge on any atom is 0.311 e. The highest BCUT2D eigenvalue weighted by molar-refractivity contribution is 7.80. The molecule has 3 N–H and O–H groups in total. The molecule has 0 radical (unpaired) electrons. The predicted octanol–water partition coefficient (Wildman–Crippen LogP) is 1.01. The minimum atomic E-state index is -1.37. The van der Waals surface area contributed by atoms with E-state index in [0.717, 1.165) is 6.07 Å². The number of nitro groups is 1. The molecule has 0 saturated heterocycles. The van der Waals surface area contributed by atoms with Crippen LogP contribution in [-0.4, -0.2) is 32.1 Å². The second-order valence-electron chi connectivity index (χ2n) is 3.50. The summed E-state index contributed by atoms with van der Waals surface area (Å²) in [4.78, 5) is 9.83. The van der Waals surface area contributed by atoms with E-state index in [1.807, 2.05) is 0 Å². The molecule has 0 fully saturated rings. The van der Waals surface area contributed by atoms with Gasteiger partial charge in [-0.25, -0.2) is 0 Å². The number of nitro benzene ring substituents is 1. The lowest BCUT2D eigenvalue weighted by molar-refractivity contribution is -0.386. The Bertz CT molecular complexity index is 412. The van der Waals surface area contributed by atoms with E-state index in [9.17, 15) is 25.4 Å². The number of hydrogen-bond donors (Lipinski definition) is 4. The van der Waals surface area contributed by atoms with Gasteiger partial charge in [-0.2, -0.15) is 12.6 Å². The summed E-state index contributed by atoms with van der Waals surface area (Å²) in [5.74, 6) is -0.267. The van der Waals surface area contributed by atoms with E-state index < -0.39 is 28.6 Å². The number of para-hydroxylation sites is 1. The van der Waals surface area contributed by atoms with Crippen LogP contribution in [-0.2, 0) is 0 Å². The van der Waals surface area contributed by atoms with Gasteiger partial charge >= 0.3 is 5.69 Å². The lowest BCUT2D eigenvalue weighted by Gasteiger charge is -2.18. The van der Waals surface area contributed by atoms with Gasteiger partial charge in [0.05, 0.1) is 11.0 Å². The molecule has 0 bridgehead atoms. The van der Waals surface area contributed by atoms with Gasteiger partial charge in [-0.1, -0.05) is 12.1 Å². The number of phenols is 1. The third kappa shape index (κ3) is 3.09. The van der Waals surface area contributed by atoms with Crippen molar-refractivity contribution >= 4 is 18.3 Å². The number of aromatic hydroxyl groups is 1. The zero-order chi connectivity index (χ0) is 13.0. The fraction of sp³-hybridized carbons (Fsp3) is 0.400. The van der Waals surface area contributed by atoms with Crippen LogP contribution < -0.4 is 0 Å². The Balaban J connectivity index is 3.06. The average molecular weight is 259 g/mol. The van der Waals surface area contributed by atoms with Crippen LogP contribution >= 0.6 is 12.6 Å². The molecule has 94 valence electrons. The molecule has 17 heavy (non-hydrogen) atoms. The normalized spacial score (nSPS) is 14.3. The van der Waals surface area contributed by atoms with Crippen LogP contribution in [0.5, 0.6) is 5.75 Å². The van der Waals surface area contributed by atoms with Gasteiger partial charge in [-0.15, -0.1) is 0 Å². The van der Waals surface area contributed by atoms with Crippen LogP contribution in [0.2, 0.25) is 0 Å². The maximum atomic E-state index is 10.6. The summed E-state index contributed by atoms with van der Waals surface area (Å²) in [7, 11) is 0. The summed E-state index contributed by atoms with van der Waals surface area (Å²) in [6.45, 7) is 0. The Labute approximate surface area is 103 Å². The fourth-order valence-corrected chi connectivity index (χ4v) is 1.70.